The van der Waals surface area contributed by atoms with Gasteiger partial charge in [0.1, 0.15) is 6.61 Å². The third-order valence-electron chi connectivity index (χ3n) is 3.95. The number of anilines is 1. The molecule has 1 fully saturated rings. The number of terminal acetylenes is 1. The summed E-state index contributed by atoms with van der Waals surface area (Å²) in [5.41, 5.74) is 1.33. The Morgan fingerprint density at radius 2 is 2.04 bits per heavy atom. The quantitative estimate of drug-likeness (QED) is 0.680. The van der Waals surface area contributed by atoms with E-state index in [0.29, 0.717) is 28.6 Å². The molecular formula is C20H16ClNO4S. The van der Waals surface area contributed by atoms with Crippen LogP contribution in [0.1, 0.15) is 5.56 Å². The number of ether oxygens (including phenoxy) is 2. The molecule has 0 aromatic heterocycles. The van der Waals surface area contributed by atoms with E-state index in [1.54, 1.807) is 36.4 Å². The summed E-state index contributed by atoms with van der Waals surface area (Å²) in [6.45, 7) is 0.135. The third kappa shape index (κ3) is 4.21. The van der Waals surface area contributed by atoms with Crippen LogP contribution >= 0.6 is 23.4 Å². The van der Waals surface area contributed by atoms with Crippen LogP contribution in [0.3, 0.4) is 0 Å². The second-order valence-electron chi connectivity index (χ2n) is 5.71. The molecule has 1 aliphatic rings. The minimum atomic E-state index is -0.515. The lowest BCUT2D eigenvalue weighted by molar-refractivity contribution is -0.117. The number of hydrogen-bond donors (Lipinski definition) is 0. The summed E-state index contributed by atoms with van der Waals surface area (Å²) in [7, 11) is 1.53. The molecule has 0 spiro atoms. The van der Waals surface area contributed by atoms with Crippen molar-refractivity contribution in [3.8, 4) is 23.8 Å². The van der Waals surface area contributed by atoms with Crippen molar-refractivity contribution in [2.24, 2.45) is 0 Å². The Morgan fingerprint density at radius 3 is 2.74 bits per heavy atom. The molecule has 1 saturated heterocycles. The Labute approximate surface area is 166 Å². The number of rotatable bonds is 6. The zero-order valence-electron chi connectivity index (χ0n) is 14.5. The Balaban J connectivity index is 1.77. The van der Waals surface area contributed by atoms with Gasteiger partial charge in [-0.05, 0) is 42.3 Å². The second-order valence-corrected chi connectivity index (χ2v) is 7.30. The van der Waals surface area contributed by atoms with Gasteiger partial charge < -0.3 is 9.47 Å². The number of carbonyl (C=O) groups is 2. The van der Waals surface area contributed by atoms with E-state index in [9.17, 15) is 9.59 Å². The Morgan fingerprint density at radius 1 is 1.22 bits per heavy atom. The minimum Gasteiger partial charge on any atom is -0.493 e. The maximum Gasteiger partial charge on any atom is 0.293 e. The second kappa shape index (κ2) is 8.38. The highest BCUT2D eigenvalue weighted by Gasteiger charge is 2.40. The highest BCUT2D eigenvalue weighted by Crippen LogP contribution is 2.36. The first kappa shape index (κ1) is 19.2. The molecule has 1 atom stereocenters. The highest BCUT2D eigenvalue weighted by molar-refractivity contribution is 8.15. The summed E-state index contributed by atoms with van der Waals surface area (Å²) in [6.07, 6.45) is 5.59. The summed E-state index contributed by atoms with van der Waals surface area (Å²) >= 11 is 6.98. The van der Waals surface area contributed by atoms with Crippen molar-refractivity contribution < 1.29 is 19.1 Å². The van der Waals surface area contributed by atoms with E-state index in [2.05, 4.69) is 5.92 Å². The van der Waals surface area contributed by atoms with Gasteiger partial charge in [0.2, 0.25) is 5.91 Å². The lowest BCUT2D eigenvalue weighted by Crippen LogP contribution is -2.32. The zero-order valence-corrected chi connectivity index (χ0v) is 16.0. The van der Waals surface area contributed by atoms with Crippen LogP contribution in [0.4, 0.5) is 10.5 Å². The maximum atomic E-state index is 12.8. The van der Waals surface area contributed by atoms with Gasteiger partial charge in [-0.3, -0.25) is 9.59 Å². The van der Waals surface area contributed by atoms with Crippen molar-refractivity contribution in [2.45, 2.75) is 11.7 Å². The largest absolute Gasteiger partial charge is 0.493 e. The molecule has 2 aromatic rings. The number of halogens is 1. The molecule has 0 bridgehead atoms. The number of nitrogens with zero attached hydrogens (tertiary/aromatic N) is 1. The van der Waals surface area contributed by atoms with E-state index in [1.807, 2.05) is 6.07 Å². The molecule has 0 saturated carbocycles. The van der Waals surface area contributed by atoms with Crippen molar-refractivity contribution in [1.29, 1.82) is 0 Å². The van der Waals surface area contributed by atoms with E-state index in [1.165, 1.54) is 12.0 Å². The summed E-state index contributed by atoms with van der Waals surface area (Å²) < 4.78 is 10.7. The summed E-state index contributed by atoms with van der Waals surface area (Å²) in [6, 6.07) is 12.0. The molecule has 2 aromatic carbocycles. The molecule has 138 valence electrons. The van der Waals surface area contributed by atoms with Crippen LogP contribution in [-0.4, -0.2) is 30.1 Å². The first-order chi connectivity index (χ1) is 13.0. The molecule has 1 heterocycles. The maximum absolute atomic E-state index is 12.8. The van der Waals surface area contributed by atoms with Gasteiger partial charge in [-0.2, -0.15) is 0 Å². The number of benzene rings is 2. The lowest BCUT2D eigenvalue weighted by Gasteiger charge is -2.15. The minimum absolute atomic E-state index is 0.135. The molecule has 3 rings (SSSR count). The fourth-order valence-corrected chi connectivity index (χ4v) is 3.94. The van der Waals surface area contributed by atoms with Crippen LogP contribution in [0.5, 0.6) is 11.5 Å². The van der Waals surface area contributed by atoms with Gasteiger partial charge in [0, 0.05) is 5.02 Å². The van der Waals surface area contributed by atoms with Crippen LogP contribution in [0.15, 0.2) is 42.5 Å². The van der Waals surface area contributed by atoms with E-state index in [4.69, 9.17) is 27.5 Å². The van der Waals surface area contributed by atoms with E-state index < -0.39 is 5.25 Å². The molecule has 0 aliphatic carbocycles. The van der Waals surface area contributed by atoms with Gasteiger partial charge >= 0.3 is 0 Å². The fourth-order valence-electron chi connectivity index (χ4n) is 2.73. The third-order valence-corrected chi connectivity index (χ3v) is 5.22. The average molecular weight is 402 g/mol. The number of methoxy groups -OCH3 is 1. The molecule has 27 heavy (non-hydrogen) atoms. The van der Waals surface area contributed by atoms with Crippen molar-refractivity contribution in [1.82, 2.24) is 0 Å². The SMILES string of the molecule is C#CCOc1ccc(C[C@@H]2SC(=O)N(c3cccc(Cl)c3)C2=O)cc1OC. The topological polar surface area (TPSA) is 55.8 Å². The van der Waals surface area contributed by atoms with E-state index in [0.717, 1.165) is 17.3 Å². The number of thioether (sulfide) groups is 1. The van der Waals surface area contributed by atoms with Crippen LogP contribution in [0.25, 0.3) is 0 Å². The van der Waals surface area contributed by atoms with Crippen molar-refractivity contribution >= 4 is 40.2 Å². The van der Waals surface area contributed by atoms with Crippen LogP contribution in [0.2, 0.25) is 5.02 Å². The summed E-state index contributed by atoms with van der Waals surface area (Å²) in [4.78, 5) is 26.3. The van der Waals surface area contributed by atoms with Gasteiger partial charge in [0.25, 0.3) is 5.24 Å². The van der Waals surface area contributed by atoms with Crippen LogP contribution < -0.4 is 14.4 Å². The van der Waals surface area contributed by atoms with Gasteiger partial charge in [-0.15, -0.1) is 6.42 Å². The number of amides is 2. The number of hydrogen-bond acceptors (Lipinski definition) is 5. The first-order valence-electron chi connectivity index (χ1n) is 8.07. The molecule has 5 nitrogen and oxygen atoms in total. The molecular weight excluding hydrogens is 386 g/mol. The first-order valence-corrected chi connectivity index (χ1v) is 9.32. The van der Waals surface area contributed by atoms with Gasteiger partial charge in [0.15, 0.2) is 11.5 Å². The highest BCUT2D eigenvalue weighted by atomic mass is 35.5. The van der Waals surface area contributed by atoms with Gasteiger partial charge in [-0.25, -0.2) is 4.90 Å². The molecule has 7 heteroatoms. The van der Waals surface area contributed by atoms with Crippen molar-refractivity contribution in [3.63, 3.8) is 0 Å². The Kier molecular flexibility index (Phi) is 5.94. The van der Waals surface area contributed by atoms with Crippen molar-refractivity contribution in [3.05, 3.63) is 53.1 Å². The zero-order chi connectivity index (χ0) is 19.4. The molecule has 0 radical (unpaired) electrons. The van der Waals surface area contributed by atoms with E-state index >= 15 is 0 Å². The molecule has 0 unspecified atom stereocenters. The molecule has 2 amide bonds. The Hall–Kier alpha value is -2.62. The molecule has 1 aliphatic heterocycles. The normalized spacial score (nSPS) is 16.3. The Bertz CT molecular complexity index is 924. The predicted octanol–water partition coefficient (Wildman–Crippen LogP) is 4.17. The van der Waals surface area contributed by atoms with E-state index in [-0.39, 0.29) is 17.8 Å². The number of imide groups is 1. The lowest BCUT2D eigenvalue weighted by atomic mass is 10.1. The standard InChI is InChI=1S/C20H16ClNO4S/c1-3-9-26-16-8-7-13(10-17(16)25-2)11-18-19(23)22(20(24)27-18)15-6-4-5-14(21)12-15/h1,4-8,10,12,18H,9,11H2,2H3/t18-/m0/s1. The molecule has 0 N–H and O–H groups in total. The monoisotopic (exact) mass is 401 g/mol. The number of carbonyl (C=O) groups excluding carboxylic acids is 2. The van der Waals surface area contributed by atoms with Crippen molar-refractivity contribution in [2.75, 3.05) is 18.6 Å². The predicted molar refractivity (Wildman–Crippen MR) is 107 cm³/mol. The summed E-state index contributed by atoms with van der Waals surface area (Å²) in [5, 5.41) is -0.360. The van der Waals surface area contributed by atoms with Crippen LogP contribution in [0, 0.1) is 12.3 Å². The summed E-state index contributed by atoms with van der Waals surface area (Å²) in [5.74, 6) is 3.19. The van der Waals surface area contributed by atoms with Gasteiger partial charge in [-0.1, -0.05) is 41.4 Å². The smallest absolute Gasteiger partial charge is 0.293 e. The van der Waals surface area contributed by atoms with Gasteiger partial charge in [0.05, 0.1) is 18.0 Å². The fraction of sp³-hybridized carbons (Fsp3) is 0.200. The average Bonchev–Trinajstić information content (AvgIpc) is 2.93. The van der Waals surface area contributed by atoms with Crippen LogP contribution in [-0.2, 0) is 11.2 Å².